The van der Waals surface area contributed by atoms with Crippen molar-refractivity contribution in [1.29, 1.82) is 0 Å². The van der Waals surface area contributed by atoms with Crippen LogP contribution >= 0.6 is 0 Å². The molecule has 1 aromatic carbocycles. The Bertz CT molecular complexity index is 930. The number of rotatable bonds is 8. The van der Waals surface area contributed by atoms with Crippen molar-refractivity contribution >= 4 is 11.9 Å². The first kappa shape index (κ1) is 23.8. The van der Waals surface area contributed by atoms with Crippen LogP contribution in [0.25, 0.3) is 0 Å². The molecule has 2 heterocycles. The van der Waals surface area contributed by atoms with Crippen LogP contribution in [0.2, 0.25) is 0 Å². The van der Waals surface area contributed by atoms with Crippen LogP contribution in [0.1, 0.15) is 59.8 Å². The molecule has 3 rings (SSSR count). The number of nitrogens with one attached hydrogen (secondary N) is 2. The zero-order chi connectivity index (χ0) is 23.1. The fourth-order valence-corrected chi connectivity index (χ4v) is 4.00. The molecule has 2 N–H and O–H groups in total. The lowest BCUT2D eigenvalue weighted by molar-refractivity contribution is 0.0857. The maximum Gasteiger partial charge on any atom is 0.251 e. The summed E-state index contributed by atoms with van der Waals surface area (Å²) < 4.78 is 7.44. The molecule has 1 fully saturated rings. The second-order valence-electron chi connectivity index (χ2n) is 8.67. The molecule has 1 amide bonds. The van der Waals surface area contributed by atoms with Crippen molar-refractivity contribution in [1.82, 2.24) is 25.3 Å². The largest absolute Gasteiger partial charge is 0.376 e. The third-order valence-corrected chi connectivity index (χ3v) is 5.62. The van der Waals surface area contributed by atoms with Gasteiger partial charge in [-0.25, -0.2) is 0 Å². The molecule has 0 spiro atoms. The van der Waals surface area contributed by atoms with E-state index < -0.39 is 0 Å². The topological polar surface area (TPSA) is 83.8 Å². The standard InChI is InChI=1S/C24H36N6O2/c1-17(2)22-20(16-30(5)28-22)15-29(4)24(25-3)27-13-18-8-6-9-19(12-18)23(31)26-14-21-10-7-11-32-21/h6,8-9,12,16-17,21H,7,10-11,13-15H2,1-5H3,(H,25,27)(H,26,31). The van der Waals surface area contributed by atoms with Gasteiger partial charge >= 0.3 is 0 Å². The van der Waals surface area contributed by atoms with Gasteiger partial charge in [-0.15, -0.1) is 0 Å². The Kier molecular flexibility index (Phi) is 8.27. The normalized spacial score (nSPS) is 16.4. The van der Waals surface area contributed by atoms with Crippen LogP contribution in [0.15, 0.2) is 35.5 Å². The number of carbonyl (C=O) groups is 1. The summed E-state index contributed by atoms with van der Waals surface area (Å²) in [6.45, 7) is 6.95. The van der Waals surface area contributed by atoms with E-state index in [2.05, 4.69) is 45.7 Å². The van der Waals surface area contributed by atoms with E-state index in [4.69, 9.17) is 4.74 Å². The van der Waals surface area contributed by atoms with Crippen molar-refractivity contribution in [2.75, 3.05) is 27.2 Å². The van der Waals surface area contributed by atoms with Crippen LogP contribution in [0.3, 0.4) is 0 Å². The molecule has 1 atom stereocenters. The van der Waals surface area contributed by atoms with Crippen molar-refractivity contribution in [2.24, 2.45) is 12.0 Å². The summed E-state index contributed by atoms with van der Waals surface area (Å²) in [4.78, 5) is 19.0. The Morgan fingerprint density at radius 3 is 2.88 bits per heavy atom. The van der Waals surface area contributed by atoms with E-state index in [9.17, 15) is 4.79 Å². The van der Waals surface area contributed by atoms with Crippen LogP contribution in [-0.2, 0) is 24.9 Å². The molecule has 1 aliphatic heterocycles. The van der Waals surface area contributed by atoms with E-state index in [1.807, 2.05) is 43.0 Å². The summed E-state index contributed by atoms with van der Waals surface area (Å²) in [7, 11) is 5.74. The van der Waals surface area contributed by atoms with E-state index in [1.165, 1.54) is 5.56 Å². The third kappa shape index (κ3) is 6.32. The highest BCUT2D eigenvalue weighted by Crippen LogP contribution is 2.18. The van der Waals surface area contributed by atoms with Crippen molar-refractivity contribution in [3.8, 4) is 0 Å². The Labute approximate surface area is 191 Å². The van der Waals surface area contributed by atoms with Gasteiger partial charge in [-0.05, 0) is 36.5 Å². The van der Waals surface area contributed by atoms with Crippen molar-refractivity contribution in [3.63, 3.8) is 0 Å². The van der Waals surface area contributed by atoms with Gasteiger partial charge < -0.3 is 20.3 Å². The molecule has 1 saturated heterocycles. The maximum absolute atomic E-state index is 12.5. The number of amides is 1. The van der Waals surface area contributed by atoms with E-state index in [0.717, 1.165) is 36.7 Å². The zero-order valence-electron chi connectivity index (χ0n) is 19.9. The highest BCUT2D eigenvalue weighted by Gasteiger charge is 2.17. The van der Waals surface area contributed by atoms with Gasteiger partial charge in [0.1, 0.15) is 0 Å². The first-order valence-corrected chi connectivity index (χ1v) is 11.3. The molecule has 1 aromatic heterocycles. The Balaban J connectivity index is 1.56. The summed E-state index contributed by atoms with van der Waals surface area (Å²) in [5.74, 6) is 1.09. The lowest BCUT2D eigenvalue weighted by Gasteiger charge is -2.22. The summed E-state index contributed by atoms with van der Waals surface area (Å²) in [5, 5.41) is 11.0. The lowest BCUT2D eigenvalue weighted by Crippen LogP contribution is -2.38. The molecular formula is C24H36N6O2. The highest BCUT2D eigenvalue weighted by molar-refractivity contribution is 5.94. The monoisotopic (exact) mass is 440 g/mol. The molecule has 174 valence electrons. The first-order valence-electron chi connectivity index (χ1n) is 11.3. The van der Waals surface area contributed by atoms with Gasteiger partial charge in [0.2, 0.25) is 0 Å². The summed E-state index contributed by atoms with van der Waals surface area (Å²) in [6.07, 6.45) is 4.28. The van der Waals surface area contributed by atoms with Gasteiger partial charge in [-0.2, -0.15) is 5.10 Å². The minimum Gasteiger partial charge on any atom is -0.376 e. The Morgan fingerprint density at radius 1 is 1.38 bits per heavy atom. The molecule has 0 saturated carbocycles. The molecule has 1 aliphatic rings. The molecule has 0 bridgehead atoms. The number of aromatic nitrogens is 2. The van der Waals surface area contributed by atoms with Gasteiger partial charge in [0.25, 0.3) is 5.91 Å². The van der Waals surface area contributed by atoms with E-state index >= 15 is 0 Å². The van der Waals surface area contributed by atoms with Crippen LogP contribution in [0, 0.1) is 0 Å². The second-order valence-corrected chi connectivity index (χ2v) is 8.67. The van der Waals surface area contributed by atoms with Gasteiger partial charge in [0.05, 0.1) is 11.8 Å². The predicted octanol–water partition coefficient (Wildman–Crippen LogP) is 2.66. The maximum atomic E-state index is 12.5. The van der Waals surface area contributed by atoms with Crippen LogP contribution < -0.4 is 10.6 Å². The number of nitrogens with zero attached hydrogens (tertiary/aromatic N) is 4. The van der Waals surface area contributed by atoms with Gasteiger partial charge in [0.15, 0.2) is 5.96 Å². The number of aryl methyl sites for hydroxylation is 1. The lowest BCUT2D eigenvalue weighted by atomic mass is 10.1. The molecule has 8 nitrogen and oxygen atoms in total. The highest BCUT2D eigenvalue weighted by atomic mass is 16.5. The number of hydrogen-bond acceptors (Lipinski definition) is 4. The van der Waals surface area contributed by atoms with Gasteiger partial charge in [-0.3, -0.25) is 14.5 Å². The summed E-state index contributed by atoms with van der Waals surface area (Å²) in [6, 6.07) is 7.68. The number of ether oxygens (including phenoxy) is 1. The van der Waals surface area contributed by atoms with E-state index in [-0.39, 0.29) is 12.0 Å². The van der Waals surface area contributed by atoms with Crippen LogP contribution in [0.4, 0.5) is 0 Å². The number of benzene rings is 1. The third-order valence-electron chi connectivity index (χ3n) is 5.62. The quantitative estimate of drug-likeness (QED) is 0.487. The minimum absolute atomic E-state index is 0.0679. The minimum atomic E-state index is -0.0679. The average molecular weight is 441 g/mol. The molecule has 32 heavy (non-hydrogen) atoms. The summed E-state index contributed by atoms with van der Waals surface area (Å²) >= 11 is 0. The van der Waals surface area contributed by atoms with Crippen molar-refractivity contribution < 1.29 is 9.53 Å². The predicted molar refractivity (Wildman–Crippen MR) is 127 cm³/mol. The number of hydrogen-bond donors (Lipinski definition) is 2. The van der Waals surface area contributed by atoms with Crippen molar-refractivity contribution in [2.45, 2.75) is 51.8 Å². The van der Waals surface area contributed by atoms with Crippen LogP contribution in [-0.4, -0.2) is 59.9 Å². The van der Waals surface area contributed by atoms with Gasteiger partial charge in [-0.1, -0.05) is 26.0 Å². The van der Waals surface area contributed by atoms with Gasteiger partial charge in [0, 0.05) is 64.7 Å². The molecule has 8 heteroatoms. The Morgan fingerprint density at radius 2 is 2.19 bits per heavy atom. The molecule has 2 aromatic rings. The fourth-order valence-electron chi connectivity index (χ4n) is 4.00. The second kappa shape index (κ2) is 11.1. The molecule has 0 radical (unpaired) electrons. The first-order chi connectivity index (χ1) is 15.4. The van der Waals surface area contributed by atoms with E-state index in [0.29, 0.717) is 31.1 Å². The van der Waals surface area contributed by atoms with E-state index in [1.54, 1.807) is 7.05 Å². The average Bonchev–Trinajstić information content (AvgIpc) is 3.42. The molecular weight excluding hydrogens is 404 g/mol. The van der Waals surface area contributed by atoms with Crippen molar-refractivity contribution in [3.05, 3.63) is 52.8 Å². The zero-order valence-corrected chi connectivity index (χ0v) is 19.9. The molecule has 1 unspecified atom stereocenters. The number of guanidine groups is 1. The van der Waals surface area contributed by atoms with Crippen LogP contribution in [0.5, 0.6) is 0 Å². The Hall–Kier alpha value is -2.87. The summed E-state index contributed by atoms with van der Waals surface area (Å²) in [5.41, 5.74) is 3.98. The number of aliphatic imine (C=N–C) groups is 1. The number of carbonyl (C=O) groups excluding carboxylic acids is 1. The smallest absolute Gasteiger partial charge is 0.251 e. The molecule has 0 aliphatic carbocycles. The SMILES string of the molecule is CN=C(NCc1cccc(C(=O)NCC2CCCO2)c1)N(C)Cc1cn(C)nc1C(C)C. The fraction of sp³-hybridized carbons (Fsp3) is 0.542.